The molecule has 5 heteroatoms. The van der Waals surface area contributed by atoms with E-state index < -0.39 is 0 Å². The zero-order valence-electron chi connectivity index (χ0n) is 15.3. The van der Waals surface area contributed by atoms with Gasteiger partial charge in [0.05, 0.1) is 6.04 Å². The molecule has 1 aliphatic rings. The van der Waals surface area contributed by atoms with Crippen LogP contribution in [0.3, 0.4) is 0 Å². The number of hydrogen-bond donors (Lipinski definition) is 0. The van der Waals surface area contributed by atoms with E-state index in [2.05, 4.69) is 13.8 Å². The molecule has 0 aromatic heterocycles. The van der Waals surface area contributed by atoms with Gasteiger partial charge in [0, 0.05) is 22.0 Å². The Hall–Kier alpha value is -1.58. The minimum absolute atomic E-state index is 0.149. The summed E-state index contributed by atoms with van der Waals surface area (Å²) in [6, 6.07) is 14.1. The number of nitrogens with zero attached hydrogens (tertiary/aromatic N) is 1. The Balaban J connectivity index is 0.000000254. The van der Waals surface area contributed by atoms with Gasteiger partial charge in [0.25, 0.3) is 0 Å². The zero-order chi connectivity index (χ0) is 19.3. The van der Waals surface area contributed by atoms with Crippen molar-refractivity contribution in [3.05, 3.63) is 70.0 Å². The molecule has 0 aliphatic carbocycles. The molecule has 0 N–H and O–H groups in total. The van der Waals surface area contributed by atoms with Crippen molar-refractivity contribution in [3.8, 4) is 0 Å². The molecule has 0 spiro atoms. The fraction of sp³-hybridized carbons (Fsp3) is 0.381. The number of piperidine rings is 1. The Bertz CT molecular complexity index is 716. The van der Waals surface area contributed by atoms with Crippen molar-refractivity contribution in [2.45, 2.75) is 45.7 Å². The first-order valence-corrected chi connectivity index (χ1v) is 9.54. The van der Waals surface area contributed by atoms with Gasteiger partial charge in [-0.05, 0) is 62.6 Å². The first-order chi connectivity index (χ1) is 12.3. The molecule has 2 aromatic carbocycles. The lowest BCUT2D eigenvalue weighted by atomic mass is 9.88. The van der Waals surface area contributed by atoms with Gasteiger partial charge in [-0.25, -0.2) is 4.39 Å². The highest BCUT2D eigenvalue weighted by Gasteiger charge is 2.35. The zero-order valence-corrected chi connectivity index (χ0v) is 16.8. The number of benzene rings is 2. The van der Waals surface area contributed by atoms with Crippen molar-refractivity contribution < 1.29 is 9.18 Å². The topological polar surface area (TPSA) is 20.3 Å². The fourth-order valence-corrected chi connectivity index (χ4v) is 3.47. The van der Waals surface area contributed by atoms with E-state index >= 15 is 0 Å². The molecule has 2 unspecified atom stereocenters. The van der Waals surface area contributed by atoms with E-state index in [0.717, 1.165) is 17.9 Å². The van der Waals surface area contributed by atoms with Crippen LogP contribution in [0.4, 0.5) is 4.39 Å². The number of carbonyl (C=O) groups is 1. The molecule has 1 saturated heterocycles. The van der Waals surface area contributed by atoms with Crippen LogP contribution in [0.2, 0.25) is 10.0 Å². The number of likely N-dealkylation sites (tertiary alicyclic amines) is 1. The molecule has 2 atom stereocenters. The van der Waals surface area contributed by atoms with Crippen molar-refractivity contribution in [3.63, 3.8) is 0 Å². The highest BCUT2D eigenvalue weighted by atomic mass is 35.5. The molecule has 2 aromatic rings. The largest absolute Gasteiger partial charge is 0.333 e. The summed E-state index contributed by atoms with van der Waals surface area (Å²) in [5.41, 5.74) is 1.19. The molecular formula is C21H24Cl2FNO. The van der Waals surface area contributed by atoms with E-state index in [1.807, 2.05) is 36.1 Å². The number of carbonyl (C=O) groups excluding carboxylic acids is 1. The Kier molecular flexibility index (Phi) is 7.48. The quantitative estimate of drug-likeness (QED) is 0.565. The van der Waals surface area contributed by atoms with Crippen molar-refractivity contribution in [2.75, 3.05) is 0 Å². The van der Waals surface area contributed by atoms with Gasteiger partial charge in [0.2, 0.25) is 5.91 Å². The summed E-state index contributed by atoms with van der Waals surface area (Å²) in [6.45, 7) is 6.19. The Labute approximate surface area is 164 Å². The number of hydrogen-bond acceptors (Lipinski definition) is 1. The Morgan fingerprint density at radius 3 is 2.19 bits per heavy atom. The predicted octanol–water partition coefficient (Wildman–Crippen LogP) is 6.53. The minimum Gasteiger partial charge on any atom is -0.333 e. The normalized spacial score (nSPS) is 20.0. The van der Waals surface area contributed by atoms with Crippen LogP contribution in [-0.4, -0.2) is 16.8 Å². The van der Waals surface area contributed by atoms with Crippen LogP contribution in [0.1, 0.15) is 45.2 Å². The molecule has 3 rings (SSSR count). The molecular weight excluding hydrogens is 372 g/mol. The molecule has 2 nitrogen and oxygen atoms in total. The van der Waals surface area contributed by atoms with Crippen LogP contribution in [0, 0.1) is 11.7 Å². The van der Waals surface area contributed by atoms with Crippen molar-refractivity contribution in [2.24, 2.45) is 5.92 Å². The molecule has 1 heterocycles. The Morgan fingerprint density at radius 1 is 1.04 bits per heavy atom. The monoisotopic (exact) mass is 395 g/mol. The van der Waals surface area contributed by atoms with E-state index in [4.69, 9.17) is 23.2 Å². The lowest BCUT2D eigenvalue weighted by Gasteiger charge is -2.41. The highest BCUT2D eigenvalue weighted by molar-refractivity contribution is 6.30. The van der Waals surface area contributed by atoms with E-state index in [1.165, 1.54) is 17.7 Å². The number of rotatable bonds is 2. The van der Waals surface area contributed by atoms with E-state index in [-0.39, 0.29) is 29.7 Å². The number of halogens is 3. The summed E-state index contributed by atoms with van der Waals surface area (Å²) in [6.07, 6.45) is 2.00. The van der Waals surface area contributed by atoms with Crippen molar-refractivity contribution in [1.29, 1.82) is 0 Å². The summed E-state index contributed by atoms with van der Waals surface area (Å²) >= 11 is 11.3. The maximum atomic E-state index is 12.3. The van der Waals surface area contributed by atoms with Crippen LogP contribution < -0.4 is 0 Å². The Morgan fingerprint density at radius 2 is 1.69 bits per heavy atom. The molecule has 1 amide bonds. The summed E-state index contributed by atoms with van der Waals surface area (Å²) in [7, 11) is 0. The van der Waals surface area contributed by atoms with Gasteiger partial charge in [-0.3, -0.25) is 4.79 Å². The summed E-state index contributed by atoms with van der Waals surface area (Å²) in [5, 5.41) is 1.18. The highest BCUT2D eigenvalue weighted by Crippen LogP contribution is 2.35. The molecule has 0 bridgehead atoms. The number of amides is 1. The van der Waals surface area contributed by atoms with Gasteiger partial charge in [-0.15, -0.1) is 0 Å². The van der Waals surface area contributed by atoms with Gasteiger partial charge in [-0.1, -0.05) is 48.3 Å². The molecule has 140 valence electrons. The molecule has 0 radical (unpaired) electrons. The van der Waals surface area contributed by atoms with Crippen molar-refractivity contribution in [1.82, 2.24) is 4.90 Å². The average molecular weight is 396 g/mol. The van der Waals surface area contributed by atoms with Crippen LogP contribution in [0.15, 0.2) is 48.5 Å². The van der Waals surface area contributed by atoms with Crippen LogP contribution in [0.25, 0.3) is 0 Å². The first kappa shape index (κ1) is 20.7. The van der Waals surface area contributed by atoms with Crippen molar-refractivity contribution >= 4 is 29.1 Å². The molecule has 26 heavy (non-hydrogen) atoms. The second kappa shape index (κ2) is 9.38. The van der Waals surface area contributed by atoms with Gasteiger partial charge in [0.1, 0.15) is 5.82 Å². The van der Waals surface area contributed by atoms with Crippen LogP contribution in [0.5, 0.6) is 0 Å². The van der Waals surface area contributed by atoms with Gasteiger partial charge in [-0.2, -0.15) is 0 Å². The third kappa shape index (κ3) is 5.46. The maximum absolute atomic E-state index is 12.3. The average Bonchev–Trinajstić information content (AvgIpc) is 2.58. The second-order valence-corrected chi connectivity index (χ2v) is 7.70. The maximum Gasteiger partial charge on any atom is 0.226 e. The van der Waals surface area contributed by atoms with Crippen LogP contribution in [-0.2, 0) is 4.79 Å². The van der Waals surface area contributed by atoms with E-state index in [0.29, 0.717) is 5.02 Å². The summed E-state index contributed by atoms with van der Waals surface area (Å²) in [4.78, 5) is 14.3. The van der Waals surface area contributed by atoms with Gasteiger partial charge in [0.15, 0.2) is 0 Å². The molecule has 1 fully saturated rings. The van der Waals surface area contributed by atoms with Gasteiger partial charge < -0.3 is 4.90 Å². The minimum atomic E-state index is -0.294. The van der Waals surface area contributed by atoms with Gasteiger partial charge >= 0.3 is 0 Å². The SMILES string of the molecule is CC1CCC(c2ccc(Cl)cc2)N(C(C)C)C1=O.Fc1cccc(Cl)c1. The fourth-order valence-electron chi connectivity index (χ4n) is 3.16. The molecule has 1 aliphatic heterocycles. The van der Waals surface area contributed by atoms with Crippen LogP contribution >= 0.6 is 23.2 Å². The lowest BCUT2D eigenvalue weighted by molar-refractivity contribution is -0.143. The standard InChI is InChI=1S/C15H20ClNO.C6H4ClF/c1-10(2)17-14(9-4-11(3)15(17)18)12-5-7-13(16)8-6-12;7-5-2-1-3-6(8)4-5/h5-8,10-11,14H,4,9H2,1-3H3;1-4H. The lowest BCUT2D eigenvalue weighted by Crippen LogP contribution is -2.46. The van der Waals surface area contributed by atoms with E-state index in [1.54, 1.807) is 12.1 Å². The summed E-state index contributed by atoms with van der Waals surface area (Å²) < 4.78 is 12.1. The van der Waals surface area contributed by atoms with E-state index in [9.17, 15) is 9.18 Å². The third-order valence-corrected chi connectivity index (χ3v) is 4.97. The third-order valence-electron chi connectivity index (χ3n) is 4.48. The second-order valence-electron chi connectivity index (χ2n) is 6.82. The summed E-state index contributed by atoms with van der Waals surface area (Å²) in [5.74, 6) is 0.129. The first-order valence-electron chi connectivity index (χ1n) is 8.78. The smallest absolute Gasteiger partial charge is 0.226 e. The predicted molar refractivity (Wildman–Crippen MR) is 106 cm³/mol. The molecule has 0 saturated carbocycles.